The van der Waals surface area contributed by atoms with Crippen molar-refractivity contribution in [3.63, 3.8) is 0 Å². The molecule has 0 aliphatic heterocycles. The molecule has 0 radical (unpaired) electrons. The predicted octanol–water partition coefficient (Wildman–Crippen LogP) is 1.67. The van der Waals surface area contributed by atoms with E-state index in [0.29, 0.717) is 0 Å². The van der Waals surface area contributed by atoms with Gasteiger partial charge in [-0.25, -0.2) is 0 Å². The third-order valence-corrected chi connectivity index (χ3v) is 9.31. The number of hydrogen-bond acceptors (Lipinski definition) is 2. The largest absolute Gasteiger partial charge is 0.284 e. The minimum atomic E-state index is -2.96. The molecule has 3 nitrogen and oxygen atoms in total. The average molecular weight is 459 g/mol. The summed E-state index contributed by atoms with van der Waals surface area (Å²) in [7, 11) is -2.96. The lowest BCUT2D eigenvalue weighted by molar-refractivity contribution is 0.605. The summed E-state index contributed by atoms with van der Waals surface area (Å²) in [4.78, 5) is 0. The molecule has 0 aromatic heterocycles. The molecule has 7 heteroatoms. The summed E-state index contributed by atoms with van der Waals surface area (Å²) in [6.45, 7) is 0. The Morgan fingerprint density at radius 1 is 1.29 bits per heavy atom. The van der Waals surface area contributed by atoms with Crippen LogP contribution in [0.4, 0.5) is 0 Å². The Labute approximate surface area is 81.8 Å². The summed E-state index contributed by atoms with van der Waals surface area (Å²) in [6, 6.07) is 0. The lowest BCUT2D eigenvalue weighted by atomic mass is 13.9. The van der Waals surface area contributed by atoms with Crippen LogP contribution in [-0.4, -0.2) is 9.15 Å². The molecule has 0 aromatic carbocycles. The lowest BCUT2D eigenvalue weighted by Gasteiger charge is -1.94. The average Bonchev–Trinajstić information content (AvgIpc) is 1.31. The maximum atomic E-state index is 10.2. The Hall–Kier alpha value is 2.10. The van der Waals surface area contributed by atoms with Gasteiger partial charge >= 0.3 is 0 Å². The predicted molar refractivity (Wildman–Crippen MR) is 52.8 cm³/mol. The van der Waals surface area contributed by atoms with Gasteiger partial charge in [0.25, 0.3) is 7.19 Å². The standard InChI is InChI=1S/I3NO2S/c1-4(2)7(3,5)6. The second-order valence-corrected chi connectivity index (χ2v) is 10.2. The van der Waals surface area contributed by atoms with Crippen LogP contribution in [-0.2, 0) is 7.19 Å². The number of rotatable bonds is 1. The Morgan fingerprint density at radius 3 is 1.43 bits per heavy atom. The van der Waals surface area contributed by atoms with Gasteiger partial charge in [-0.15, -0.1) is 0 Å². The Kier molecular flexibility index (Phi) is 4.31. The third kappa shape index (κ3) is 4.59. The van der Waals surface area contributed by atoms with Crippen molar-refractivity contribution in [1.82, 2.24) is 0.732 Å². The van der Waals surface area contributed by atoms with Gasteiger partial charge in [0.1, 0.15) is 0 Å². The second kappa shape index (κ2) is 3.31. The quantitative estimate of drug-likeness (QED) is 0.341. The highest BCUT2D eigenvalue weighted by atomic mass is 127. The van der Waals surface area contributed by atoms with Crippen molar-refractivity contribution in [1.29, 1.82) is 0 Å². The zero-order valence-corrected chi connectivity index (χ0v) is 10.1. The Bertz CT molecular complexity index is 135. The molecule has 0 bridgehead atoms. The van der Waals surface area contributed by atoms with Gasteiger partial charge in [0.2, 0.25) is 0 Å². The molecule has 0 aliphatic rings. The summed E-state index contributed by atoms with van der Waals surface area (Å²) in [5.41, 5.74) is 0. The van der Waals surface area contributed by atoms with Gasteiger partial charge in [0.15, 0.2) is 0 Å². The SMILES string of the molecule is O=S(=O)(I)N(I)I. The normalized spacial score (nSPS) is 12.6. The number of hydrogen-bond donors (Lipinski definition) is 0. The highest BCUT2D eigenvalue weighted by Crippen LogP contribution is 2.19. The first-order chi connectivity index (χ1) is 2.94. The lowest BCUT2D eigenvalue weighted by Crippen LogP contribution is -1.98. The van der Waals surface area contributed by atoms with Crippen LogP contribution in [0.15, 0.2) is 0 Å². The van der Waals surface area contributed by atoms with Gasteiger partial charge in [-0.1, -0.05) is 0.732 Å². The summed E-state index contributed by atoms with van der Waals surface area (Å²) >= 11 is 4.70. The van der Waals surface area contributed by atoms with Crippen LogP contribution in [0.2, 0.25) is 0 Å². The van der Waals surface area contributed by atoms with E-state index in [1.807, 2.05) is 0 Å². The number of halogens is 3. The van der Waals surface area contributed by atoms with Gasteiger partial charge in [0.05, 0.1) is 21.2 Å². The van der Waals surface area contributed by atoms with E-state index in [0.717, 1.165) is 0.732 Å². The maximum absolute atomic E-state index is 10.2. The molecular formula is I3NO2S. The highest BCUT2D eigenvalue weighted by molar-refractivity contribution is 14.2. The smallest absolute Gasteiger partial charge is 0.200 e. The fourth-order valence-electron chi connectivity index (χ4n) is 0. The number of nitrogens with zero attached hydrogens (tertiary/aromatic N) is 1. The van der Waals surface area contributed by atoms with Crippen molar-refractivity contribution in [3.8, 4) is 0 Å². The fraction of sp³-hybridized carbons (Fsp3) is 0. The summed E-state index contributed by atoms with van der Waals surface area (Å²) in [6.07, 6.45) is 0. The molecule has 0 fully saturated rings. The van der Waals surface area contributed by atoms with Gasteiger partial charge in [0, 0.05) is 45.7 Å². The van der Waals surface area contributed by atoms with Gasteiger partial charge in [-0.2, -0.15) is 8.42 Å². The zero-order valence-electron chi connectivity index (χ0n) is 2.81. The van der Waals surface area contributed by atoms with Crippen molar-refractivity contribution in [2.45, 2.75) is 0 Å². The van der Waals surface area contributed by atoms with E-state index in [1.165, 1.54) is 21.2 Å². The van der Waals surface area contributed by atoms with Crippen LogP contribution in [0.25, 0.3) is 0 Å². The molecule has 7 heavy (non-hydrogen) atoms. The zero-order chi connectivity index (χ0) is 6.08. The summed E-state index contributed by atoms with van der Waals surface area (Å²) in [5.74, 6) is 0. The van der Waals surface area contributed by atoms with Crippen molar-refractivity contribution < 1.29 is 8.42 Å². The second-order valence-electron chi connectivity index (χ2n) is 0.614. The molecule has 0 saturated carbocycles. The molecule has 0 atom stereocenters. The van der Waals surface area contributed by atoms with Crippen LogP contribution in [0, 0.1) is 0 Å². The van der Waals surface area contributed by atoms with Crippen molar-refractivity contribution in [2.24, 2.45) is 0 Å². The Balaban J connectivity index is 4.10. The van der Waals surface area contributed by atoms with Crippen LogP contribution in [0.5, 0.6) is 0 Å². The van der Waals surface area contributed by atoms with Crippen LogP contribution in [0.1, 0.15) is 0 Å². The monoisotopic (exact) mass is 459 g/mol. The molecule has 0 amide bonds. The van der Waals surface area contributed by atoms with Crippen molar-refractivity contribution in [2.75, 3.05) is 0 Å². The molecular weight excluding hydrogens is 459 g/mol. The molecule has 0 saturated heterocycles. The maximum Gasteiger partial charge on any atom is 0.284 e. The fourth-order valence-corrected chi connectivity index (χ4v) is 0. The first-order valence-electron chi connectivity index (χ1n) is 1.01. The molecule has 0 heterocycles. The van der Waals surface area contributed by atoms with E-state index in [1.54, 1.807) is 45.7 Å². The minimum absolute atomic E-state index is 1.09. The van der Waals surface area contributed by atoms with Crippen LogP contribution in [0.3, 0.4) is 0 Å². The Morgan fingerprint density at radius 2 is 1.43 bits per heavy atom. The van der Waals surface area contributed by atoms with Gasteiger partial charge in [-0.05, 0) is 0 Å². The topological polar surface area (TPSA) is 37.4 Å². The van der Waals surface area contributed by atoms with E-state index < -0.39 is 7.19 Å². The molecule has 0 N–H and O–H groups in total. The van der Waals surface area contributed by atoms with E-state index in [9.17, 15) is 8.42 Å². The van der Waals surface area contributed by atoms with Gasteiger partial charge < -0.3 is 0 Å². The molecule has 0 spiro atoms. The molecule has 0 aliphatic carbocycles. The first kappa shape index (κ1) is 9.10. The molecule has 44 valence electrons. The van der Waals surface area contributed by atoms with Gasteiger partial charge in [-0.3, -0.25) is 0 Å². The van der Waals surface area contributed by atoms with E-state index >= 15 is 0 Å². The summed E-state index contributed by atoms with van der Waals surface area (Å²) in [5, 5.41) is 0. The molecule has 0 rings (SSSR count). The minimum Gasteiger partial charge on any atom is -0.200 e. The van der Waals surface area contributed by atoms with Crippen molar-refractivity contribution >= 4 is 74.1 Å². The summed E-state index contributed by atoms with van der Waals surface area (Å²) < 4.78 is 21.5. The molecule has 0 aromatic rings. The van der Waals surface area contributed by atoms with E-state index in [-0.39, 0.29) is 0 Å². The highest BCUT2D eigenvalue weighted by Gasteiger charge is 2.08. The molecule has 0 unspecified atom stereocenters. The van der Waals surface area contributed by atoms with Crippen molar-refractivity contribution in [3.05, 3.63) is 0 Å². The first-order valence-corrected chi connectivity index (χ1v) is 6.92. The van der Waals surface area contributed by atoms with E-state index in [2.05, 4.69) is 0 Å². The van der Waals surface area contributed by atoms with Crippen LogP contribution >= 0.6 is 66.9 Å². The third-order valence-electron chi connectivity index (χ3n) is 0.165. The van der Waals surface area contributed by atoms with Crippen LogP contribution < -0.4 is 0 Å². The van der Waals surface area contributed by atoms with E-state index in [4.69, 9.17) is 0 Å².